The van der Waals surface area contributed by atoms with E-state index < -0.39 is 10.6 Å². The summed E-state index contributed by atoms with van der Waals surface area (Å²) in [4.78, 5) is 16.0. The topological polar surface area (TPSA) is 93.0 Å². The molecule has 8 heteroatoms. The van der Waals surface area contributed by atoms with Gasteiger partial charge in [-0.15, -0.1) is 11.8 Å². The van der Waals surface area contributed by atoms with Gasteiger partial charge in [0.25, 0.3) is 5.91 Å². The van der Waals surface area contributed by atoms with Gasteiger partial charge in [-0.3, -0.25) is 13.9 Å². The number of unbranched alkanes of at least 4 members (excludes halogenated alkanes) is 2. The molecular formula is C29H44N2O4S2. The maximum Gasteiger partial charge on any atom is 0.251 e. The van der Waals surface area contributed by atoms with Gasteiger partial charge in [-0.1, -0.05) is 39.5 Å². The van der Waals surface area contributed by atoms with Crippen molar-refractivity contribution >= 4 is 39.6 Å². The molecule has 206 valence electrons. The lowest BCUT2D eigenvalue weighted by Crippen LogP contribution is -2.40. The van der Waals surface area contributed by atoms with Crippen LogP contribution in [0.15, 0.2) is 46.2 Å². The summed E-state index contributed by atoms with van der Waals surface area (Å²) in [5.74, 6) is 0.225. The van der Waals surface area contributed by atoms with Crippen molar-refractivity contribution in [1.82, 2.24) is 5.32 Å². The Bertz CT molecular complexity index is 1070. The van der Waals surface area contributed by atoms with Crippen LogP contribution in [0.3, 0.4) is 0 Å². The molecule has 0 aromatic heterocycles. The minimum Gasteiger partial charge on any atom is -0.507 e. The van der Waals surface area contributed by atoms with Gasteiger partial charge in [-0.2, -0.15) is 10.6 Å². The number of aromatic hydroxyl groups is 1. The molecule has 0 aliphatic carbocycles. The first-order chi connectivity index (χ1) is 17.3. The lowest BCUT2D eigenvalue weighted by molar-refractivity contribution is 0.0919. The van der Waals surface area contributed by atoms with Gasteiger partial charge >= 0.3 is 0 Å². The van der Waals surface area contributed by atoms with Crippen LogP contribution in [0.5, 0.6) is 5.75 Å². The van der Waals surface area contributed by atoms with Gasteiger partial charge in [0.1, 0.15) is 5.75 Å². The number of fused-ring (bicyclic) bond motifs is 1. The van der Waals surface area contributed by atoms with Crippen LogP contribution in [0.2, 0.25) is 0 Å². The summed E-state index contributed by atoms with van der Waals surface area (Å²) in [6, 6.07) is 11.0. The molecule has 0 radical (unpaired) electrons. The van der Waals surface area contributed by atoms with E-state index >= 15 is 0 Å². The van der Waals surface area contributed by atoms with Crippen molar-refractivity contribution in [3.8, 4) is 5.75 Å². The van der Waals surface area contributed by atoms with Crippen LogP contribution in [0.1, 0.15) is 83.5 Å². The van der Waals surface area contributed by atoms with Crippen LogP contribution in [0.25, 0.3) is 0 Å². The van der Waals surface area contributed by atoms with E-state index in [0.717, 1.165) is 44.2 Å². The summed E-state index contributed by atoms with van der Waals surface area (Å²) in [5, 5.41) is 13.7. The number of nitrogens with zero attached hydrogens (tertiary/aromatic N) is 1. The number of thioether (sulfide) groups is 1. The molecular weight excluding hydrogens is 504 g/mol. The Labute approximate surface area is 228 Å². The average molecular weight is 549 g/mol. The predicted molar refractivity (Wildman–Crippen MR) is 158 cm³/mol. The van der Waals surface area contributed by atoms with Crippen molar-refractivity contribution in [2.24, 2.45) is 5.41 Å². The lowest BCUT2D eigenvalue weighted by Gasteiger charge is -2.42. The first kappa shape index (κ1) is 29.7. The van der Waals surface area contributed by atoms with E-state index in [-0.39, 0.29) is 28.4 Å². The second-order valence-electron chi connectivity index (χ2n) is 11.3. The van der Waals surface area contributed by atoms with Gasteiger partial charge in [0, 0.05) is 40.6 Å². The molecule has 4 N–H and O–H groups in total. The second-order valence-corrected chi connectivity index (χ2v) is 14.3. The number of carbonyl (C=O) groups is 1. The standard InChI is InChI=1S/C29H44N2O4S2/c1-7-9-15-29(16-10-8-2)19-31(22-13-11-21(12-14-22)27(33)30-28(3,4)5)23-17-25(36-6)24(32)18-26(23)37(34,35)20-29/h11-14,17-18,32,34-35H,7-10,15-16,19-20H2,1-6H3,(H,30,33). The fraction of sp³-hybridized carbons (Fsp3) is 0.552. The molecule has 1 amide bonds. The lowest BCUT2D eigenvalue weighted by atomic mass is 9.79. The summed E-state index contributed by atoms with van der Waals surface area (Å²) in [6.45, 7) is 10.8. The number of hydrogen-bond acceptors (Lipinski definition) is 6. The first-order valence-corrected chi connectivity index (χ1v) is 16.2. The monoisotopic (exact) mass is 548 g/mol. The number of benzene rings is 2. The molecule has 37 heavy (non-hydrogen) atoms. The Morgan fingerprint density at radius 1 is 1.08 bits per heavy atom. The molecule has 1 aliphatic rings. The third-order valence-corrected chi connectivity index (χ3v) is 9.77. The Kier molecular flexibility index (Phi) is 9.54. The van der Waals surface area contributed by atoms with Gasteiger partial charge in [0.15, 0.2) is 0 Å². The van der Waals surface area contributed by atoms with Gasteiger partial charge < -0.3 is 15.3 Å². The molecule has 0 fully saturated rings. The zero-order valence-electron chi connectivity index (χ0n) is 23.1. The van der Waals surface area contributed by atoms with Crippen molar-refractivity contribution in [2.75, 3.05) is 23.5 Å². The normalized spacial score (nSPS) is 17.6. The summed E-state index contributed by atoms with van der Waals surface area (Å²) >= 11 is 1.43. The highest BCUT2D eigenvalue weighted by Crippen LogP contribution is 2.62. The van der Waals surface area contributed by atoms with Gasteiger partial charge in [0.05, 0.1) is 15.5 Å². The Morgan fingerprint density at radius 3 is 2.19 bits per heavy atom. The van der Waals surface area contributed by atoms with Crippen molar-refractivity contribution in [3.63, 3.8) is 0 Å². The highest BCUT2D eigenvalue weighted by atomic mass is 32.3. The van der Waals surface area contributed by atoms with Crippen molar-refractivity contribution < 1.29 is 19.0 Å². The molecule has 1 aliphatic heterocycles. The van der Waals surface area contributed by atoms with Crippen LogP contribution >= 0.6 is 22.4 Å². The molecule has 1 heterocycles. The number of carbonyl (C=O) groups excluding carboxylic acids is 1. The van der Waals surface area contributed by atoms with Crippen LogP contribution in [0, 0.1) is 5.41 Å². The van der Waals surface area contributed by atoms with E-state index in [2.05, 4.69) is 24.1 Å². The summed E-state index contributed by atoms with van der Waals surface area (Å²) < 4.78 is 23.1. The molecule has 3 rings (SSSR count). The molecule has 6 nitrogen and oxygen atoms in total. The van der Waals surface area contributed by atoms with Gasteiger partial charge in [0.2, 0.25) is 0 Å². The summed E-state index contributed by atoms with van der Waals surface area (Å²) in [6.07, 6.45) is 7.79. The molecule has 0 bridgehead atoms. The minimum atomic E-state index is -3.15. The highest BCUT2D eigenvalue weighted by molar-refractivity contribution is 8.24. The molecule has 0 saturated carbocycles. The first-order valence-electron chi connectivity index (χ1n) is 13.2. The van der Waals surface area contributed by atoms with E-state index in [1.54, 1.807) is 6.07 Å². The number of rotatable bonds is 9. The van der Waals surface area contributed by atoms with Gasteiger partial charge in [-0.25, -0.2) is 0 Å². The van der Waals surface area contributed by atoms with E-state index in [9.17, 15) is 19.0 Å². The van der Waals surface area contributed by atoms with E-state index in [0.29, 0.717) is 27.6 Å². The third kappa shape index (κ3) is 7.16. The van der Waals surface area contributed by atoms with E-state index in [4.69, 9.17) is 0 Å². The number of amides is 1. The quantitative estimate of drug-likeness (QED) is 0.236. The predicted octanol–water partition coefficient (Wildman–Crippen LogP) is 8.27. The fourth-order valence-electron chi connectivity index (χ4n) is 5.11. The van der Waals surface area contributed by atoms with Crippen LogP contribution in [-0.2, 0) is 0 Å². The Balaban J connectivity index is 2.15. The van der Waals surface area contributed by atoms with Gasteiger partial charge in [-0.05, 0) is 70.2 Å². The number of phenolic OH excluding ortho intramolecular Hbond substituents is 1. The van der Waals surface area contributed by atoms with Crippen LogP contribution < -0.4 is 10.2 Å². The minimum absolute atomic E-state index is 0.0648. The Morgan fingerprint density at radius 2 is 1.68 bits per heavy atom. The molecule has 0 saturated heterocycles. The van der Waals surface area contributed by atoms with E-state index in [1.807, 2.05) is 57.4 Å². The zero-order valence-corrected chi connectivity index (χ0v) is 24.8. The SMILES string of the molecule is CCCCC1(CCCC)CN(c2ccc(C(=O)NC(C)(C)C)cc2)c2cc(SC)c(O)cc2S(O)(O)C1. The third-order valence-electron chi connectivity index (χ3n) is 6.96. The van der Waals surface area contributed by atoms with Crippen molar-refractivity contribution in [2.45, 2.75) is 88.5 Å². The molecule has 2 aromatic rings. The summed E-state index contributed by atoms with van der Waals surface area (Å²) in [5.41, 5.74) is 1.56. The smallest absolute Gasteiger partial charge is 0.251 e. The zero-order chi connectivity index (χ0) is 27.4. The molecule has 2 aromatic carbocycles. The maximum absolute atomic E-state index is 12.7. The number of phenols is 1. The number of anilines is 2. The average Bonchev–Trinajstić information content (AvgIpc) is 2.92. The highest BCUT2D eigenvalue weighted by Gasteiger charge is 2.42. The molecule has 0 unspecified atom stereocenters. The maximum atomic E-state index is 12.7. The van der Waals surface area contributed by atoms with Crippen molar-refractivity contribution in [1.29, 1.82) is 0 Å². The Hall–Kier alpha value is -1.87. The van der Waals surface area contributed by atoms with Crippen LogP contribution in [-0.4, -0.2) is 44.2 Å². The van der Waals surface area contributed by atoms with Crippen molar-refractivity contribution in [3.05, 3.63) is 42.0 Å². The molecule has 0 atom stereocenters. The van der Waals surface area contributed by atoms with E-state index in [1.165, 1.54) is 11.8 Å². The fourth-order valence-corrected chi connectivity index (χ4v) is 7.80. The second kappa shape index (κ2) is 11.9. The number of nitrogens with one attached hydrogen (secondary N) is 1. The largest absolute Gasteiger partial charge is 0.507 e. The molecule has 0 spiro atoms. The summed E-state index contributed by atoms with van der Waals surface area (Å²) in [7, 11) is -3.15. The van der Waals surface area contributed by atoms with Crippen LogP contribution in [0.4, 0.5) is 11.4 Å². The number of hydrogen-bond donors (Lipinski definition) is 4.